The number of anilines is 1. The van der Waals surface area contributed by atoms with Crippen molar-refractivity contribution in [1.29, 1.82) is 0 Å². The second-order valence-corrected chi connectivity index (χ2v) is 13.2. The van der Waals surface area contributed by atoms with Gasteiger partial charge in [0.2, 0.25) is 5.95 Å². The minimum absolute atomic E-state index is 0.239. The first-order valence-electron chi connectivity index (χ1n) is 14.1. The van der Waals surface area contributed by atoms with E-state index in [2.05, 4.69) is 4.98 Å². The summed E-state index contributed by atoms with van der Waals surface area (Å²) in [6, 6.07) is 9.27. The van der Waals surface area contributed by atoms with Crippen molar-refractivity contribution in [2.45, 2.75) is 58.5 Å². The van der Waals surface area contributed by atoms with Gasteiger partial charge < -0.3 is 14.7 Å². The standard InChI is InChI=1S/C31H33ClF3N5O3S/c1-17-16-22-26(24(19-6-8-20(32)9-7-19)23(17)25(28(41)42)43-30(3,4)5)44-27(37-22)21-10-11-36-29(38-21)40-14-12-39(13-15-40)18(2)31(33,34)35/h6-11,16,18,25H,12-15H2,1-5H3,(H,41,42)/t18-,25+/m1/s1. The van der Waals surface area contributed by atoms with Crippen molar-refractivity contribution in [2.24, 2.45) is 0 Å². The molecule has 8 nitrogen and oxygen atoms in total. The molecule has 13 heteroatoms. The van der Waals surface area contributed by atoms with E-state index in [9.17, 15) is 23.1 Å². The van der Waals surface area contributed by atoms with Gasteiger partial charge in [-0.05, 0) is 70.0 Å². The van der Waals surface area contributed by atoms with Gasteiger partial charge in [0.05, 0.1) is 15.8 Å². The van der Waals surface area contributed by atoms with Crippen molar-refractivity contribution in [2.75, 3.05) is 31.1 Å². The van der Waals surface area contributed by atoms with Crippen LogP contribution >= 0.6 is 22.9 Å². The lowest BCUT2D eigenvalue weighted by Gasteiger charge is -2.38. The number of aromatic nitrogens is 3. The molecule has 0 unspecified atom stereocenters. The quantitative estimate of drug-likeness (QED) is 0.222. The number of carboxylic acid groups (broad SMARTS) is 1. The number of benzene rings is 2. The van der Waals surface area contributed by atoms with Crippen LogP contribution in [0.2, 0.25) is 5.02 Å². The number of rotatable bonds is 7. The molecule has 1 aliphatic heterocycles. The van der Waals surface area contributed by atoms with Gasteiger partial charge in [-0.25, -0.2) is 19.7 Å². The lowest BCUT2D eigenvalue weighted by Crippen LogP contribution is -2.54. The fraction of sp³-hybridized carbons (Fsp3) is 0.419. The van der Waals surface area contributed by atoms with Crippen molar-refractivity contribution in [3.05, 3.63) is 58.7 Å². The smallest absolute Gasteiger partial charge is 0.403 e. The number of hydrogen-bond acceptors (Lipinski definition) is 8. The van der Waals surface area contributed by atoms with Crippen molar-refractivity contribution in [3.8, 4) is 21.8 Å². The van der Waals surface area contributed by atoms with Gasteiger partial charge in [0.1, 0.15) is 16.7 Å². The topological polar surface area (TPSA) is 91.7 Å². The van der Waals surface area contributed by atoms with E-state index < -0.39 is 29.9 Å². The number of fused-ring (bicyclic) bond motifs is 1. The molecule has 0 saturated carbocycles. The molecule has 44 heavy (non-hydrogen) atoms. The highest BCUT2D eigenvalue weighted by Crippen LogP contribution is 2.44. The summed E-state index contributed by atoms with van der Waals surface area (Å²) in [6.45, 7) is 9.66. The van der Waals surface area contributed by atoms with E-state index in [-0.39, 0.29) is 13.1 Å². The maximum atomic E-state index is 13.2. The molecule has 5 rings (SSSR count). The summed E-state index contributed by atoms with van der Waals surface area (Å²) in [5, 5.41) is 11.4. The zero-order valence-corrected chi connectivity index (χ0v) is 26.5. The van der Waals surface area contributed by atoms with Crippen LogP contribution in [0.4, 0.5) is 19.1 Å². The number of carbonyl (C=O) groups is 1. The van der Waals surface area contributed by atoms with Gasteiger partial charge in [0.25, 0.3) is 0 Å². The van der Waals surface area contributed by atoms with Crippen LogP contribution in [0.1, 0.15) is 44.9 Å². The zero-order valence-electron chi connectivity index (χ0n) is 24.9. The van der Waals surface area contributed by atoms with Gasteiger partial charge in [0, 0.05) is 48.5 Å². The summed E-state index contributed by atoms with van der Waals surface area (Å²) in [5.41, 5.74) is 3.22. The van der Waals surface area contributed by atoms with E-state index in [1.807, 2.05) is 50.8 Å². The minimum Gasteiger partial charge on any atom is -0.479 e. The molecule has 0 amide bonds. The molecular weight excluding hydrogens is 615 g/mol. The van der Waals surface area contributed by atoms with Gasteiger partial charge in [-0.3, -0.25) is 4.90 Å². The molecule has 0 bridgehead atoms. The summed E-state index contributed by atoms with van der Waals surface area (Å²) >= 11 is 7.57. The number of carboxylic acids is 1. The van der Waals surface area contributed by atoms with E-state index in [1.54, 1.807) is 24.4 Å². The minimum atomic E-state index is -4.28. The molecule has 0 spiro atoms. The normalized spacial score (nSPS) is 16.3. The molecule has 2 aromatic carbocycles. The lowest BCUT2D eigenvalue weighted by molar-refractivity contribution is -0.179. The number of thiazole rings is 1. The number of alkyl halides is 3. The van der Waals surface area contributed by atoms with Crippen molar-refractivity contribution < 1.29 is 27.8 Å². The molecular formula is C31H33ClF3N5O3S. The number of hydrogen-bond donors (Lipinski definition) is 1. The molecule has 0 aliphatic carbocycles. The Labute approximate surface area is 262 Å². The third-order valence-corrected chi connectivity index (χ3v) is 8.86. The number of aliphatic carboxylic acids is 1. The highest BCUT2D eigenvalue weighted by atomic mass is 35.5. The Hall–Kier alpha value is -3.32. The highest BCUT2D eigenvalue weighted by Gasteiger charge is 2.41. The molecule has 2 aromatic heterocycles. The molecule has 2 atom stereocenters. The summed E-state index contributed by atoms with van der Waals surface area (Å²) < 4.78 is 46.5. The average Bonchev–Trinajstić information content (AvgIpc) is 3.38. The summed E-state index contributed by atoms with van der Waals surface area (Å²) in [6.07, 6.45) is -3.90. The first kappa shape index (κ1) is 32.1. The van der Waals surface area contributed by atoms with Crippen molar-refractivity contribution in [3.63, 3.8) is 0 Å². The van der Waals surface area contributed by atoms with Gasteiger partial charge in [-0.2, -0.15) is 13.2 Å². The molecule has 234 valence electrons. The van der Waals surface area contributed by atoms with Crippen LogP contribution in [0.5, 0.6) is 0 Å². The largest absolute Gasteiger partial charge is 0.479 e. The Kier molecular flexibility index (Phi) is 8.92. The molecule has 1 saturated heterocycles. The predicted molar refractivity (Wildman–Crippen MR) is 166 cm³/mol. The number of aryl methyl sites for hydroxylation is 1. The first-order valence-corrected chi connectivity index (χ1v) is 15.3. The van der Waals surface area contributed by atoms with E-state index >= 15 is 0 Å². The Morgan fingerprint density at radius 2 is 1.73 bits per heavy atom. The summed E-state index contributed by atoms with van der Waals surface area (Å²) in [7, 11) is 0. The van der Waals surface area contributed by atoms with Crippen LogP contribution in [0.3, 0.4) is 0 Å². The Bertz CT molecular complexity index is 1670. The van der Waals surface area contributed by atoms with Crippen LogP contribution in [-0.2, 0) is 9.53 Å². The number of nitrogens with zero attached hydrogens (tertiary/aromatic N) is 5. The van der Waals surface area contributed by atoms with Crippen LogP contribution < -0.4 is 4.90 Å². The summed E-state index contributed by atoms with van der Waals surface area (Å²) in [5.74, 6) is -0.687. The maximum absolute atomic E-state index is 13.2. The first-order chi connectivity index (χ1) is 20.6. The fourth-order valence-electron chi connectivity index (χ4n) is 5.28. The number of piperazine rings is 1. The molecule has 1 fully saturated rings. The molecule has 3 heterocycles. The van der Waals surface area contributed by atoms with Gasteiger partial charge in [-0.15, -0.1) is 11.3 Å². The van der Waals surface area contributed by atoms with Gasteiger partial charge in [-0.1, -0.05) is 23.7 Å². The fourth-order valence-corrected chi connectivity index (χ4v) is 6.50. The zero-order chi connectivity index (χ0) is 32.0. The Morgan fingerprint density at radius 1 is 1.07 bits per heavy atom. The third kappa shape index (κ3) is 6.83. The Balaban J connectivity index is 1.56. The van der Waals surface area contributed by atoms with Crippen molar-refractivity contribution >= 4 is 45.1 Å². The van der Waals surface area contributed by atoms with E-state index in [0.717, 1.165) is 10.3 Å². The Morgan fingerprint density at radius 3 is 2.32 bits per heavy atom. The van der Waals surface area contributed by atoms with Crippen LogP contribution in [0.25, 0.3) is 32.0 Å². The molecule has 0 radical (unpaired) electrons. The van der Waals surface area contributed by atoms with E-state index in [4.69, 9.17) is 26.3 Å². The highest BCUT2D eigenvalue weighted by molar-refractivity contribution is 7.22. The molecule has 1 N–H and O–H groups in total. The second-order valence-electron chi connectivity index (χ2n) is 11.8. The van der Waals surface area contributed by atoms with Crippen molar-refractivity contribution in [1.82, 2.24) is 19.9 Å². The van der Waals surface area contributed by atoms with E-state index in [1.165, 1.54) is 23.2 Å². The van der Waals surface area contributed by atoms with Gasteiger partial charge >= 0.3 is 12.1 Å². The van der Waals surface area contributed by atoms with E-state index in [0.29, 0.717) is 57.0 Å². The predicted octanol–water partition coefficient (Wildman–Crippen LogP) is 7.40. The van der Waals surface area contributed by atoms with Crippen LogP contribution in [0, 0.1) is 6.92 Å². The molecule has 4 aromatic rings. The second kappa shape index (κ2) is 12.2. The van der Waals surface area contributed by atoms with Gasteiger partial charge in [0.15, 0.2) is 6.10 Å². The van der Waals surface area contributed by atoms with Crippen LogP contribution in [-0.4, -0.2) is 74.9 Å². The third-order valence-electron chi connectivity index (χ3n) is 7.50. The lowest BCUT2D eigenvalue weighted by atomic mass is 9.91. The number of halogens is 4. The maximum Gasteiger partial charge on any atom is 0.403 e. The SMILES string of the molecule is Cc1cc2nc(-c3ccnc(N4CCN([C@H](C)C(F)(F)F)CC4)n3)sc2c(-c2ccc(Cl)cc2)c1[C@H](OC(C)(C)C)C(=O)O. The number of ether oxygens (including phenoxy) is 1. The molecule has 1 aliphatic rings. The average molecular weight is 648 g/mol. The summed E-state index contributed by atoms with van der Waals surface area (Å²) in [4.78, 5) is 29.9. The monoisotopic (exact) mass is 647 g/mol. The van der Waals surface area contributed by atoms with Crippen LogP contribution in [0.15, 0.2) is 42.6 Å².